The first-order chi connectivity index (χ1) is 3.31. The number of allylic oxidation sites excluding steroid dienone is 1. The van der Waals surface area contributed by atoms with Crippen LogP contribution in [0.25, 0.3) is 0 Å². The first kappa shape index (κ1) is 6.89. The molecule has 0 aromatic heterocycles. The summed E-state index contributed by atoms with van der Waals surface area (Å²) in [4.78, 5) is 0.752. The molecule has 0 spiro atoms. The van der Waals surface area contributed by atoms with Crippen molar-refractivity contribution >= 4 is 12.6 Å². The van der Waals surface area contributed by atoms with Crippen molar-refractivity contribution in [3.63, 3.8) is 0 Å². The minimum Gasteiger partial charge on any atom is -0.515 e. The third kappa shape index (κ3) is 3.73. The lowest BCUT2D eigenvalue weighted by atomic mass is 10.3. The van der Waals surface area contributed by atoms with E-state index in [-0.39, 0.29) is 0 Å². The van der Waals surface area contributed by atoms with Gasteiger partial charge in [-0.25, -0.2) is 0 Å². The van der Waals surface area contributed by atoms with Crippen molar-refractivity contribution in [3.8, 4) is 0 Å². The number of rotatable bonds is 2. The van der Waals surface area contributed by atoms with Crippen LogP contribution in [0, 0.1) is 0 Å². The molecular formula is C5H10OS. The smallest absolute Gasteiger partial charge is 0.0884 e. The maximum absolute atomic E-state index is 8.23. The average Bonchev–Trinajstić information content (AvgIpc) is 1.68. The van der Waals surface area contributed by atoms with E-state index in [1.54, 1.807) is 0 Å². The van der Waals surface area contributed by atoms with E-state index >= 15 is 0 Å². The largest absolute Gasteiger partial charge is 0.515 e. The SMILES string of the molecule is CCCC(S)=CO. The summed E-state index contributed by atoms with van der Waals surface area (Å²) in [6.45, 7) is 2.04. The van der Waals surface area contributed by atoms with E-state index in [9.17, 15) is 0 Å². The molecule has 2 heteroatoms. The summed E-state index contributed by atoms with van der Waals surface area (Å²) < 4.78 is 0. The van der Waals surface area contributed by atoms with E-state index in [1.165, 1.54) is 0 Å². The van der Waals surface area contributed by atoms with Crippen LogP contribution in [0.15, 0.2) is 11.2 Å². The summed E-state index contributed by atoms with van der Waals surface area (Å²) in [6.07, 6.45) is 2.95. The second-order valence-electron chi connectivity index (χ2n) is 1.37. The van der Waals surface area contributed by atoms with Gasteiger partial charge in [-0.1, -0.05) is 13.3 Å². The van der Waals surface area contributed by atoms with Crippen LogP contribution >= 0.6 is 12.6 Å². The molecule has 0 amide bonds. The first-order valence-corrected chi connectivity index (χ1v) is 2.78. The van der Waals surface area contributed by atoms with Crippen molar-refractivity contribution in [2.45, 2.75) is 19.8 Å². The van der Waals surface area contributed by atoms with Crippen LogP contribution in [0.1, 0.15) is 19.8 Å². The fourth-order valence-corrected chi connectivity index (χ4v) is 0.544. The van der Waals surface area contributed by atoms with Crippen molar-refractivity contribution in [2.24, 2.45) is 0 Å². The van der Waals surface area contributed by atoms with Gasteiger partial charge >= 0.3 is 0 Å². The maximum atomic E-state index is 8.23. The summed E-state index contributed by atoms with van der Waals surface area (Å²) in [5, 5.41) is 8.23. The van der Waals surface area contributed by atoms with Crippen molar-refractivity contribution in [1.29, 1.82) is 0 Å². The molecule has 0 radical (unpaired) electrons. The Morgan fingerprint density at radius 2 is 2.43 bits per heavy atom. The van der Waals surface area contributed by atoms with Crippen molar-refractivity contribution < 1.29 is 5.11 Å². The lowest BCUT2D eigenvalue weighted by Gasteiger charge is -1.88. The fourth-order valence-electron chi connectivity index (χ4n) is 0.321. The molecule has 0 heterocycles. The molecule has 0 aliphatic carbocycles. The Bertz CT molecular complexity index is 68.5. The molecule has 0 rings (SSSR count). The van der Waals surface area contributed by atoms with E-state index in [2.05, 4.69) is 12.6 Å². The number of aliphatic hydroxyl groups excluding tert-OH is 1. The van der Waals surface area contributed by atoms with Crippen molar-refractivity contribution in [1.82, 2.24) is 0 Å². The van der Waals surface area contributed by atoms with E-state index in [4.69, 9.17) is 5.11 Å². The van der Waals surface area contributed by atoms with Crippen LogP contribution in [-0.4, -0.2) is 5.11 Å². The van der Waals surface area contributed by atoms with Crippen LogP contribution in [0.3, 0.4) is 0 Å². The zero-order valence-electron chi connectivity index (χ0n) is 4.39. The van der Waals surface area contributed by atoms with Gasteiger partial charge in [0.25, 0.3) is 0 Å². The Hall–Kier alpha value is -0.110. The van der Waals surface area contributed by atoms with Gasteiger partial charge in [0.2, 0.25) is 0 Å². The highest BCUT2D eigenvalue weighted by atomic mass is 32.1. The highest BCUT2D eigenvalue weighted by Gasteiger charge is 1.82. The van der Waals surface area contributed by atoms with Gasteiger partial charge in [0.1, 0.15) is 0 Å². The van der Waals surface area contributed by atoms with Crippen molar-refractivity contribution in [2.75, 3.05) is 0 Å². The molecule has 42 valence electrons. The molecule has 0 aliphatic heterocycles. The monoisotopic (exact) mass is 118 g/mol. The fraction of sp³-hybridized carbons (Fsp3) is 0.600. The Balaban J connectivity index is 3.17. The molecule has 0 bridgehead atoms. The summed E-state index contributed by atoms with van der Waals surface area (Å²) >= 11 is 3.92. The Labute approximate surface area is 49.5 Å². The van der Waals surface area contributed by atoms with E-state index in [0.717, 1.165) is 24.0 Å². The molecule has 0 aliphatic rings. The van der Waals surface area contributed by atoms with Crippen LogP contribution in [0.2, 0.25) is 0 Å². The Kier molecular flexibility index (Phi) is 4.00. The molecule has 0 atom stereocenters. The Morgan fingerprint density at radius 3 is 2.57 bits per heavy atom. The maximum Gasteiger partial charge on any atom is 0.0884 e. The molecule has 0 aromatic carbocycles. The van der Waals surface area contributed by atoms with Crippen LogP contribution in [-0.2, 0) is 0 Å². The first-order valence-electron chi connectivity index (χ1n) is 2.33. The highest BCUT2D eigenvalue weighted by Crippen LogP contribution is 2.05. The molecule has 7 heavy (non-hydrogen) atoms. The number of thiol groups is 1. The van der Waals surface area contributed by atoms with Gasteiger partial charge in [0, 0.05) is 4.91 Å². The molecule has 0 fully saturated rings. The van der Waals surface area contributed by atoms with Gasteiger partial charge in [-0.3, -0.25) is 0 Å². The van der Waals surface area contributed by atoms with Gasteiger partial charge in [0.15, 0.2) is 0 Å². The van der Waals surface area contributed by atoms with Crippen LogP contribution in [0.5, 0.6) is 0 Å². The average molecular weight is 118 g/mol. The molecule has 1 nitrogen and oxygen atoms in total. The number of hydrogen-bond acceptors (Lipinski definition) is 2. The van der Waals surface area contributed by atoms with Gasteiger partial charge in [-0.05, 0) is 6.42 Å². The van der Waals surface area contributed by atoms with E-state index in [0.29, 0.717) is 0 Å². The zero-order valence-corrected chi connectivity index (χ0v) is 5.28. The minimum absolute atomic E-state index is 0.752. The Morgan fingerprint density at radius 1 is 1.86 bits per heavy atom. The minimum atomic E-state index is 0.752. The predicted molar refractivity (Wildman–Crippen MR) is 34.6 cm³/mol. The molecule has 0 saturated carbocycles. The molecule has 0 saturated heterocycles. The van der Waals surface area contributed by atoms with Gasteiger partial charge in [-0.2, -0.15) is 0 Å². The number of aliphatic hydroxyl groups is 1. The topological polar surface area (TPSA) is 20.2 Å². The molecule has 0 aromatic rings. The summed E-state index contributed by atoms with van der Waals surface area (Å²) in [5.41, 5.74) is 0. The molecular weight excluding hydrogens is 108 g/mol. The van der Waals surface area contributed by atoms with Gasteiger partial charge in [0.05, 0.1) is 6.26 Å². The summed E-state index contributed by atoms with van der Waals surface area (Å²) in [6, 6.07) is 0. The normalized spacial score (nSPS) is 12.0. The quantitative estimate of drug-likeness (QED) is 0.420. The molecule has 1 N–H and O–H groups in total. The summed E-state index contributed by atoms with van der Waals surface area (Å²) in [5.74, 6) is 0. The number of hydrogen-bond donors (Lipinski definition) is 2. The second kappa shape index (κ2) is 4.06. The third-order valence-electron chi connectivity index (χ3n) is 0.655. The van der Waals surface area contributed by atoms with Gasteiger partial charge in [-0.15, -0.1) is 12.6 Å². The predicted octanol–water partition coefficient (Wildman–Crippen LogP) is 2.12. The van der Waals surface area contributed by atoms with E-state index in [1.807, 2.05) is 6.92 Å². The third-order valence-corrected chi connectivity index (χ3v) is 0.994. The van der Waals surface area contributed by atoms with Crippen molar-refractivity contribution in [3.05, 3.63) is 11.2 Å². The van der Waals surface area contributed by atoms with Gasteiger partial charge < -0.3 is 5.11 Å². The second-order valence-corrected chi connectivity index (χ2v) is 1.94. The summed E-state index contributed by atoms with van der Waals surface area (Å²) in [7, 11) is 0. The lowest BCUT2D eigenvalue weighted by molar-refractivity contribution is 0.469. The van der Waals surface area contributed by atoms with Crippen LogP contribution < -0.4 is 0 Å². The highest BCUT2D eigenvalue weighted by molar-refractivity contribution is 7.84. The molecule has 0 unspecified atom stereocenters. The lowest BCUT2D eigenvalue weighted by Crippen LogP contribution is -1.68. The van der Waals surface area contributed by atoms with Crippen LogP contribution in [0.4, 0.5) is 0 Å². The zero-order chi connectivity index (χ0) is 5.70. The van der Waals surface area contributed by atoms with E-state index < -0.39 is 0 Å². The standard InChI is InChI=1S/C5H10OS/c1-2-3-5(7)4-6/h4,6-7H,2-3H2,1H3.